The lowest BCUT2D eigenvalue weighted by Gasteiger charge is -2.30. The van der Waals surface area contributed by atoms with E-state index in [4.69, 9.17) is 16.2 Å². The molecule has 1 saturated heterocycles. The molecule has 1 aliphatic carbocycles. The van der Waals surface area contributed by atoms with Gasteiger partial charge in [-0.3, -0.25) is 4.90 Å². The molecule has 0 spiro atoms. The van der Waals surface area contributed by atoms with Gasteiger partial charge in [-0.05, 0) is 55.1 Å². The van der Waals surface area contributed by atoms with Crippen LogP contribution in [0.5, 0.6) is 5.75 Å². The highest BCUT2D eigenvalue weighted by molar-refractivity contribution is 5.54. The highest BCUT2D eigenvalue weighted by atomic mass is 19.1. The first kappa shape index (κ1) is 16.4. The van der Waals surface area contributed by atoms with Gasteiger partial charge in [-0.15, -0.1) is 0 Å². The first-order chi connectivity index (χ1) is 12.2. The minimum Gasteiger partial charge on any atom is -0.482 e. The minimum atomic E-state index is -0.440. The summed E-state index contributed by atoms with van der Waals surface area (Å²) in [5.74, 6) is 0.523. The first-order valence-electron chi connectivity index (χ1n) is 8.90. The highest BCUT2D eigenvalue weighted by Gasteiger charge is 2.40. The van der Waals surface area contributed by atoms with E-state index < -0.39 is 5.82 Å². The molecule has 4 N–H and O–H groups in total. The van der Waals surface area contributed by atoms with Crippen molar-refractivity contribution in [3.05, 3.63) is 59.4 Å². The molecule has 5 heteroatoms. The average Bonchev–Trinajstić information content (AvgIpc) is 3.24. The summed E-state index contributed by atoms with van der Waals surface area (Å²) < 4.78 is 20.1. The third kappa shape index (κ3) is 2.98. The standard InChI is InChI=1S/C20H24FN3O/c21-16-6-3-7-18(19(16)23)25-20-15-5-2-1-4-14(15)10-17(20)24-9-8-13(11-22)12-24/h1-7,13,17,20H,8-12,22-23H2/t13-,17-,20-/m1/s1. The number of halogens is 1. The van der Waals surface area contributed by atoms with E-state index in [2.05, 4.69) is 23.1 Å². The lowest BCUT2D eigenvalue weighted by molar-refractivity contribution is 0.0921. The summed E-state index contributed by atoms with van der Waals surface area (Å²) in [4.78, 5) is 2.47. The van der Waals surface area contributed by atoms with Crippen molar-refractivity contribution in [3.63, 3.8) is 0 Å². The van der Waals surface area contributed by atoms with Crippen LogP contribution in [0.4, 0.5) is 10.1 Å². The molecule has 2 aromatic carbocycles. The number of fused-ring (bicyclic) bond motifs is 1. The van der Waals surface area contributed by atoms with Crippen molar-refractivity contribution in [2.45, 2.75) is 25.0 Å². The van der Waals surface area contributed by atoms with E-state index in [1.54, 1.807) is 12.1 Å². The molecule has 0 aromatic heterocycles. The first-order valence-corrected chi connectivity index (χ1v) is 8.90. The fraction of sp³-hybridized carbons (Fsp3) is 0.400. The molecule has 0 amide bonds. The van der Waals surface area contributed by atoms with Crippen LogP contribution in [0, 0.1) is 11.7 Å². The van der Waals surface area contributed by atoms with Crippen molar-refractivity contribution >= 4 is 5.69 Å². The van der Waals surface area contributed by atoms with E-state index in [0.29, 0.717) is 11.7 Å². The third-order valence-corrected chi connectivity index (χ3v) is 5.53. The summed E-state index contributed by atoms with van der Waals surface area (Å²) in [6, 6.07) is 13.3. The van der Waals surface area contributed by atoms with Gasteiger partial charge >= 0.3 is 0 Å². The second-order valence-electron chi connectivity index (χ2n) is 7.05. The Hall–Kier alpha value is -2.11. The molecule has 2 aliphatic rings. The average molecular weight is 341 g/mol. The van der Waals surface area contributed by atoms with Crippen molar-refractivity contribution in [2.75, 3.05) is 25.4 Å². The summed E-state index contributed by atoms with van der Waals surface area (Å²) in [5.41, 5.74) is 14.3. The normalized spacial score (nSPS) is 25.9. The molecule has 4 nitrogen and oxygen atoms in total. The SMILES string of the molecule is NC[C@H]1CCN([C@@H]2Cc3ccccc3[C@H]2Oc2cccc(F)c2N)C1. The molecule has 4 rings (SSSR count). The number of anilines is 1. The number of rotatable bonds is 4. The fourth-order valence-electron chi connectivity index (χ4n) is 4.11. The molecule has 3 atom stereocenters. The fourth-order valence-corrected chi connectivity index (χ4v) is 4.11. The summed E-state index contributed by atoms with van der Waals surface area (Å²) in [7, 11) is 0. The predicted octanol–water partition coefficient (Wildman–Crippen LogP) is 2.73. The molecule has 25 heavy (non-hydrogen) atoms. The van der Waals surface area contributed by atoms with Crippen molar-refractivity contribution < 1.29 is 9.13 Å². The van der Waals surface area contributed by atoms with Gasteiger partial charge in [-0.1, -0.05) is 30.3 Å². The van der Waals surface area contributed by atoms with Gasteiger partial charge in [0.05, 0.1) is 6.04 Å². The van der Waals surface area contributed by atoms with Gasteiger partial charge in [0.1, 0.15) is 23.4 Å². The maximum absolute atomic E-state index is 13.8. The predicted molar refractivity (Wildman–Crippen MR) is 96.8 cm³/mol. The molecule has 0 unspecified atom stereocenters. The second-order valence-corrected chi connectivity index (χ2v) is 7.05. The molecular weight excluding hydrogens is 317 g/mol. The van der Waals surface area contributed by atoms with E-state index in [0.717, 1.165) is 32.5 Å². The molecule has 0 radical (unpaired) electrons. The third-order valence-electron chi connectivity index (χ3n) is 5.53. The van der Waals surface area contributed by atoms with Gasteiger partial charge in [0.15, 0.2) is 0 Å². The van der Waals surface area contributed by atoms with Crippen LogP contribution < -0.4 is 16.2 Å². The number of para-hydroxylation sites is 1. The molecule has 0 saturated carbocycles. The topological polar surface area (TPSA) is 64.5 Å². The zero-order valence-electron chi connectivity index (χ0n) is 14.2. The van der Waals surface area contributed by atoms with Crippen molar-refractivity contribution in [3.8, 4) is 5.75 Å². The highest BCUT2D eigenvalue weighted by Crippen LogP contribution is 2.41. The number of ether oxygens (including phenoxy) is 1. The number of likely N-dealkylation sites (tertiary alicyclic amines) is 1. The van der Waals surface area contributed by atoms with Gasteiger partial charge in [-0.25, -0.2) is 4.39 Å². The lowest BCUT2D eigenvalue weighted by atomic mass is 10.1. The Balaban J connectivity index is 1.64. The zero-order valence-corrected chi connectivity index (χ0v) is 14.2. The van der Waals surface area contributed by atoms with Gasteiger partial charge in [0.2, 0.25) is 0 Å². The number of benzene rings is 2. The molecule has 1 heterocycles. The quantitative estimate of drug-likeness (QED) is 0.840. The van der Waals surface area contributed by atoms with E-state index in [1.807, 2.05) is 6.07 Å². The number of nitrogens with zero attached hydrogens (tertiary/aromatic N) is 1. The Morgan fingerprint density at radius 2 is 2.00 bits per heavy atom. The molecule has 1 aliphatic heterocycles. The minimum absolute atomic E-state index is 0.0758. The number of nitrogen functional groups attached to an aromatic ring is 1. The Morgan fingerprint density at radius 1 is 1.16 bits per heavy atom. The van der Waals surface area contributed by atoms with Crippen molar-refractivity contribution in [2.24, 2.45) is 11.7 Å². The largest absolute Gasteiger partial charge is 0.482 e. The van der Waals surface area contributed by atoms with Crippen LogP contribution in [0.2, 0.25) is 0 Å². The maximum atomic E-state index is 13.8. The van der Waals surface area contributed by atoms with Crippen LogP contribution in [0.25, 0.3) is 0 Å². The molecule has 0 bridgehead atoms. The van der Waals surface area contributed by atoms with Crippen molar-refractivity contribution in [1.82, 2.24) is 4.90 Å². The van der Waals surface area contributed by atoms with Crippen LogP contribution in [0.3, 0.4) is 0 Å². The van der Waals surface area contributed by atoms with E-state index in [9.17, 15) is 4.39 Å². The van der Waals surface area contributed by atoms with E-state index >= 15 is 0 Å². The monoisotopic (exact) mass is 341 g/mol. The second kappa shape index (κ2) is 6.65. The lowest BCUT2D eigenvalue weighted by Crippen LogP contribution is -2.39. The number of nitrogens with two attached hydrogens (primary N) is 2. The molecule has 1 fully saturated rings. The Labute approximate surface area is 147 Å². The van der Waals surface area contributed by atoms with Crippen molar-refractivity contribution in [1.29, 1.82) is 0 Å². The van der Waals surface area contributed by atoms with Gasteiger partial charge in [0, 0.05) is 6.54 Å². The maximum Gasteiger partial charge on any atom is 0.149 e. The molecule has 2 aromatic rings. The summed E-state index contributed by atoms with van der Waals surface area (Å²) in [6.45, 7) is 2.74. The van der Waals surface area contributed by atoms with Gasteiger partial charge in [0.25, 0.3) is 0 Å². The van der Waals surface area contributed by atoms with E-state index in [-0.39, 0.29) is 17.8 Å². The number of hydrogen-bond donors (Lipinski definition) is 2. The summed E-state index contributed by atoms with van der Waals surface area (Å²) >= 11 is 0. The zero-order chi connectivity index (χ0) is 17.4. The number of hydrogen-bond acceptors (Lipinski definition) is 4. The molecule has 132 valence electrons. The van der Waals surface area contributed by atoms with E-state index in [1.165, 1.54) is 17.2 Å². The smallest absolute Gasteiger partial charge is 0.149 e. The Morgan fingerprint density at radius 3 is 2.80 bits per heavy atom. The van der Waals surface area contributed by atoms with Crippen LogP contribution in [0.15, 0.2) is 42.5 Å². The summed E-state index contributed by atoms with van der Waals surface area (Å²) in [5, 5.41) is 0. The van der Waals surface area contributed by atoms with Crippen LogP contribution in [0.1, 0.15) is 23.7 Å². The Bertz CT molecular complexity index is 766. The van der Waals surface area contributed by atoms with Crippen LogP contribution in [-0.2, 0) is 6.42 Å². The summed E-state index contributed by atoms with van der Waals surface area (Å²) in [6.07, 6.45) is 1.92. The Kier molecular flexibility index (Phi) is 4.36. The van der Waals surface area contributed by atoms with Gasteiger partial charge < -0.3 is 16.2 Å². The van der Waals surface area contributed by atoms with Crippen LogP contribution in [-0.4, -0.2) is 30.6 Å². The molecular formula is C20H24FN3O. The van der Waals surface area contributed by atoms with Gasteiger partial charge in [-0.2, -0.15) is 0 Å². The van der Waals surface area contributed by atoms with Crippen LogP contribution >= 0.6 is 0 Å².